The zero-order chi connectivity index (χ0) is 55.0. The molecule has 4 N–H and O–H groups in total. The molecule has 28 heteroatoms. The second-order valence-electron chi connectivity index (χ2n) is 18.9. The first-order valence-electron chi connectivity index (χ1n) is 26.0. The fourth-order valence-corrected chi connectivity index (χ4v) is 9.63. The van der Waals surface area contributed by atoms with Gasteiger partial charge in [0.1, 0.15) is 17.1 Å². The first-order valence-corrected chi connectivity index (χ1v) is 27.2. The highest BCUT2D eigenvalue weighted by Gasteiger charge is 2.42. The summed E-state index contributed by atoms with van der Waals surface area (Å²) >= 11 is 0. The Labute approximate surface area is 447 Å². The quantitative estimate of drug-likeness (QED) is 0.0463. The number of nitrogens with zero attached hydrogens (tertiary/aromatic N) is 11. The van der Waals surface area contributed by atoms with Crippen molar-refractivity contribution in [2.24, 2.45) is 27.1 Å². The second-order valence-corrected chi connectivity index (χ2v) is 20.3. The number of ether oxygens (including phenoxy) is 6. The molecular formula is C48H82N15O12P. The first-order chi connectivity index (χ1) is 36.6. The van der Waals surface area contributed by atoms with Gasteiger partial charge in [-0.25, -0.2) is 4.67 Å². The van der Waals surface area contributed by atoms with Gasteiger partial charge in [-0.05, 0) is 59.8 Å². The van der Waals surface area contributed by atoms with Gasteiger partial charge in [-0.2, -0.15) is 5.26 Å². The Morgan fingerprint density at radius 3 is 1.36 bits per heavy atom. The van der Waals surface area contributed by atoms with E-state index in [1.54, 1.807) is 53.8 Å². The Kier molecular flexibility index (Phi) is 30.1. The van der Waals surface area contributed by atoms with Gasteiger partial charge in [-0.1, -0.05) is 15.6 Å². The zero-order valence-electron chi connectivity index (χ0n) is 45.5. The molecule has 76 heavy (non-hydrogen) atoms. The average Bonchev–Trinajstić information content (AvgIpc) is 4.12. The van der Waals surface area contributed by atoms with Crippen LogP contribution in [0.1, 0.15) is 103 Å². The molecule has 1 atom stereocenters. The van der Waals surface area contributed by atoms with Crippen molar-refractivity contribution in [1.82, 2.24) is 70.9 Å². The van der Waals surface area contributed by atoms with Gasteiger partial charge >= 0.3 is 0 Å². The van der Waals surface area contributed by atoms with Crippen molar-refractivity contribution in [3.8, 4) is 6.07 Å². The van der Waals surface area contributed by atoms with Crippen LogP contribution >= 0.6 is 8.53 Å². The summed E-state index contributed by atoms with van der Waals surface area (Å²) in [5.74, 6) is -1.55. The van der Waals surface area contributed by atoms with E-state index in [4.69, 9.17) is 37.5 Å². The highest BCUT2D eigenvalue weighted by Crippen LogP contribution is 2.50. The molecule has 27 nitrogen and oxygen atoms in total. The van der Waals surface area contributed by atoms with Gasteiger partial charge in [0, 0.05) is 83.6 Å². The lowest BCUT2D eigenvalue weighted by molar-refractivity contribution is -0.134. The third kappa shape index (κ3) is 25.8. The van der Waals surface area contributed by atoms with Crippen molar-refractivity contribution in [3.63, 3.8) is 0 Å². The van der Waals surface area contributed by atoms with Crippen LogP contribution in [-0.4, -0.2) is 183 Å². The molecule has 0 bridgehead atoms. The topological polar surface area (TPSA) is 309 Å². The Balaban J connectivity index is 1.36. The third-order valence-electron chi connectivity index (χ3n) is 11.8. The van der Waals surface area contributed by atoms with E-state index in [-0.39, 0.29) is 133 Å². The molecule has 1 aliphatic carbocycles. The summed E-state index contributed by atoms with van der Waals surface area (Å²) in [6.45, 7) is 12.7. The number of rotatable bonds is 43. The standard InChI is InChI=1S/C48H82N15O12P/c1-37(2)63(38(3)4)76(74-19-8-15-49)75-43-29-39(30-43)47(67)53-48(12-9-44(64)50-16-20-68-23-26-71-34-40-31-60(5)57-54-40,13-10-45(65)51-17-21-69-24-27-72-35-41-32-61(6)58-55-41)14-11-46(66)52-18-22-70-25-28-73-36-42-33-62(7)59-56-42/h31-33,37-39,43H,8-14,16-30,34-36H2,1-7H3,(H,50,64)(H,51,65)(H,52,66)(H,53,67). The highest BCUT2D eigenvalue weighted by molar-refractivity contribution is 7.44. The molecule has 4 amide bonds. The van der Waals surface area contributed by atoms with Gasteiger partial charge in [0.15, 0.2) is 0 Å². The van der Waals surface area contributed by atoms with Gasteiger partial charge in [0.25, 0.3) is 8.53 Å². The molecule has 0 spiro atoms. The van der Waals surface area contributed by atoms with Crippen LogP contribution in [-0.2, 0) is 97.6 Å². The lowest BCUT2D eigenvalue weighted by atomic mass is 9.78. The van der Waals surface area contributed by atoms with Crippen LogP contribution in [0.25, 0.3) is 0 Å². The molecule has 4 rings (SSSR count). The van der Waals surface area contributed by atoms with Crippen LogP contribution in [0.2, 0.25) is 0 Å². The van der Waals surface area contributed by atoms with E-state index >= 15 is 0 Å². The number of hydrogen-bond acceptors (Lipinski definition) is 20. The minimum atomic E-state index is -1.51. The van der Waals surface area contributed by atoms with Gasteiger partial charge < -0.3 is 58.7 Å². The maximum Gasteiger partial charge on any atom is 0.259 e. The Hall–Kier alpha value is -5.14. The van der Waals surface area contributed by atoms with Crippen LogP contribution in [0.15, 0.2) is 18.6 Å². The second kappa shape index (κ2) is 36.0. The van der Waals surface area contributed by atoms with Crippen molar-refractivity contribution in [1.29, 1.82) is 5.26 Å². The summed E-state index contributed by atoms with van der Waals surface area (Å²) < 4.78 is 53.3. The number of nitrogens with one attached hydrogen (secondary N) is 4. The Morgan fingerprint density at radius 1 is 0.632 bits per heavy atom. The predicted octanol–water partition coefficient (Wildman–Crippen LogP) is 1.69. The monoisotopic (exact) mass is 1090 g/mol. The number of aryl methyl sites for hydroxylation is 3. The van der Waals surface area contributed by atoms with Gasteiger partial charge in [0.05, 0.1) is 123 Å². The fraction of sp³-hybridized carbons (Fsp3) is 0.771. The normalized spacial score (nSPS) is 15.0. The SMILES string of the molecule is CC(C)N(C(C)C)P(OCCC#N)OC1CC(C(=O)NC(CCC(=O)NCCOCCOCc2cn(C)nn2)(CCC(=O)NCCOCCOCc2cn(C)nn2)CCC(=O)NCCOCCOCc2cn(C)nn2)C1. The van der Waals surface area contributed by atoms with Crippen LogP contribution < -0.4 is 21.3 Å². The molecule has 0 saturated heterocycles. The van der Waals surface area contributed by atoms with Crippen molar-refractivity contribution in [3.05, 3.63) is 35.7 Å². The molecule has 0 aromatic carbocycles. The average molecular weight is 1090 g/mol. The first kappa shape index (κ1) is 63.4. The van der Waals surface area contributed by atoms with E-state index in [0.29, 0.717) is 89.4 Å². The zero-order valence-corrected chi connectivity index (χ0v) is 46.4. The number of carbonyl (C=O) groups is 4. The fourth-order valence-electron chi connectivity index (χ4n) is 7.90. The van der Waals surface area contributed by atoms with Crippen LogP contribution in [0, 0.1) is 17.2 Å². The molecule has 3 aromatic rings. The molecule has 1 aliphatic rings. The number of aromatic nitrogens is 9. The van der Waals surface area contributed by atoms with Gasteiger partial charge in [-0.15, -0.1) is 15.3 Å². The van der Waals surface area contributed by atoms with Crippen molar-refractivity contribution < 1.29 is 56.6 Å². The van der Waals surface area contributed by atoms with Gasteiger partial charge in [0.2, 0.25) is 23.6 Å². The summed E-state index contributed by atoms with van der Waals surface area (Å²) in [4.78, 5) is 54.6. The molecule has 0 aliphatic heterocycles. The molecular weight excluding hydrogens is 1010 g/mol. The minimum Gasteiger partial charge on any atom is -0.377 e. The molecule has 1 unspecified atom stereocenters. The Morgan fingerprint density at radius 2 is 1.01 bits per heavy atom. The maximum atomic E-state index is 14.3. The largest absolute Gasteiger partial charge is 0.377 e. The number of amides is 4. The molecule has 426 valence electrons. The van der Waals surface area contributed by atoms with Crippen molar-refractivity contribution in [2.75, 3.05) is 85.7 Å². The molecule has 3 aromatic heterocycles. The minimum absolute atomic E-state index is 0.00870. The summed E-state index contributed by atoms with van der Waals surface area (Å²) in [5.41, 5.74) is 0.972. The van der Waals surface area contributed by atoms with E-state index in [1.165, 1.54) is 0 Å². The predicted molar refractivity (Wildman–Crippen MR) is 275 cm³/mol. The summed E-state index contributed by atoms with van der Waals surface area (Å²) in [6.07, 6.45) is 6.46. The third-order valence-corrected chi connectivity index (χ3v) is 14.0. The van der Waals surface area contributed by atoms with E-state index < -0.39 is 20.0 Å². The lowest BCUT2D eigenvalue weighted by Gasteiger charge is -2.43. The van der Waals surface area contributed by atoms with Crippen molar-refractivity contribution in [2.45, 2.75) is 129 Å². The van der Waals surface area contributed by atoms with E-state index in [2.05, 4.69) is 90.6 Å². The van der Waals surface area contributed by atoms with Crippen LogP contribution in [0.3, 0.4) is 0 Å². The summed E-state index contributed by atoms with van der Waals surface area (Å²) in [6, 6.07) is 2.33. The number of carbonyl (C=O) groups excluding carboxylic acids is 4. The van der Waals surface area contributed by atoms with Crippen LogP contribution in [0.5, 0.6) is 0 Å². The van der Waals surface area contributed by atoms with Crippen LogP contribution in [0.4, 0.5) is 0 Å². The number of hydrogen-bond donors (Lipinski definition) is 4. The smallest absolute Gasteiger partial charge is 0.259 e. The molecule has 1 fully saturated rings. The summed E-state index contributed by atoms with van der Waals surface area (Å²) in [5, 5.41) is 44.7. The molecule has 1 saturated carbocycles. The van der Waals surface area contributed by atoms with Crippen molar-refractivity contribution >= 4 is 32.2 Å². The molecule has 0 radical (unpaired) electrons. The number of nitriles is 1. The maximum absolute atomic E-state index is 14.3. The van der Waals surface area contributed by atoms with E-state index in [0.717, 1.165) is 0 Å². The van der Waals surface area contributed by atoms with E-state index in [9.17, 15) is 24.4 Å². The Bertz CT molecular complexity index is 1980. The van der Waals surface area contributed by atoms with Gasteiger partial charge in [-0.3, -0.25) is 33.2 Å². The highest BCUT2D eigenvalue weighted by atomic mass is 31.2. The lowest BCUT2D eigenvalue weighted by Crippen LogP contribution is -2.54. The molecule has 3 heterocycles. The van der Waals surface area contributed by atoms with E-state index in [1.807, 2.05) is 0 Å². The summed E-state index contributed by atoms with van der Waals surface area (Å²) in [7, 11) is 3.81.